The normalized spacial score (nSPS) is 12.9. The van der Waals surface area contributed by atoms with Crippen LogP contribution in [0.5, 0.6) is 0 Å². The van der Waals surface area contributed by atoms with Crippen LogP contribution in [-0.4, -0.2) is 25.2 Å². The van der Waals surface area contributed by atoms with Crippen molar-refractivity contribution in [3.63, 3.8) is 0 Å². The molecule has 0 aromatic rings. The zero-order chi connectivity index (χ0) is 8.69. The van der Waals surface area contributed by atoms with Crippen molar-refractivity contribution in [3.05, 3.63) is 0 Å². The predicted molar refractivity (Wildman–Crippen MR) is 43.5 cm³/mol. The summed E-state index contributed by atoms with van der Waals surface area (Å²) in [5.74, 6) is -0.447. The monoisotopic (exact) mass is 160 g/mol. The van der Waals surface area contributed by atoms with Crippen molar-refractivity contribution in [1.82, 2.24) is 5.32 Å². The third-order valence-corrected chi connectivity index (χ3v) is 1.38. The van der Waals surface area contributed by atoms with Gasteiger partial charge < -0.3 is 22.5 Å². The predicted octanol–water partition coefficient (Wildman–Crippen LogP) is -1.91. The van der Waals surface area contributed by atoms with Crippen LogP contribution in [-0.2, 0) is 4.79 Å². The lowest BCUT2D eigenvalue weighted by Gasteiger charge is -2.06. The second kappa shape index (κ2) is 6.09. The lowest BCUT2D eigenvalue weighted by molar-refractivity contribution is -0.119. The van der Waals surface area contributed by atoms with Gasteiger partial charge in [0.15, 0.2) is 0 Å². The molecule has 0 rings (SSSR count). The highest BCUT2D eigenvalue weighted by Gasteiger charge is 2.06. The van der Waals surface area contributed by atoms with Crippen LogP contribution in [0.25, 0.3) is 0 Å². The van der Waals surface area contributed by atoms with Crippen LogP contribution in [0.2, 0.25) is 0 Å². The molecular weight excluding hydrogens is 144 g/mol. The number of amides is 1. The molecule has 0 spiro atoms. The Hall–Kier alpha value is -0.650. The van der Waals surface area contributed by atoms with Gasteiger partial charge in [-0.05, 0) is 19.4 Å². The Morgan fingerprint density at radius 2 is 2.18 bits per heavy atom. The maximum absolute atomic E-state index is 10.4. The van der Waals surface area contributed by atoms with Crippen LogP contribution in [0.15, 0.2) is 0 Å². The molecular formula is C6H16N4O. The average Bonchev–Trinajstić information content (AvgIpc) is 1.97. The van der Waals surface area contributed by atoms with Crippen LogP contribution in [0.1, 0.15) is 12.8 Å². The van der Waals surface area contributed by atoms with Crippen LogP contribution in [0.4, 0.5) is 0 Å². The van der Waals surface area contributed by atoms with E-state index in [0.717, 1.165) is 13.0 Å². The lowest BCUT2D eigenvalue weighted by Crippen LogP contribution is -2.37. The van der Waals surface area contributed by atoms with Gasteiger partial charge in [0.05, 0.1) is 6.04 Å². The Balaban J connectivity index is 3.17. The third kappa shape index (κ3) is 5.78. The van der Waals surface area contributed by atoms with E-state index in [0.29, 0.717) is 13.1 Å². The van der Waals surface area contributed by atoms with Crippen LogP contribution >= 0.6 is 0 Å². The van der Waals surface area contributed by atoms with E-state index in [1.54, 1.807) is 0 Å². The summed E-state index contributed by atoms with van der Waals surface area (Å²) in [6, 6.07) is -0.519. The Morgan fingerprint density at radius 1 is 1.55 bits per heavy atom. The SMILES string of the molecule is NCNCCC[C@H](N)C(N)=O. The van der Waals surface area contributed by atoms with E-state index in [1.807, 2.05) is 0 Å². The molecule has 0 unspecified atom stereocenters. The minimum Gasteiger partial charge on any atom is -0.368 e. The second-order valence-electron chi connectivity index (χ2n) is 2.36. The largest absolute Gasteiger partial charge is 0.368 e. The maximum atomic E-state index is 10.4. The molecule has 0 saturated heterocycles. The van der Waals surface area contributed by atoms with E-state index in [1.165, 1.54) is 0 Å². The molecule has 0 saturated carbocycles. The van der Waals surface area contributed by atoms with Gasteiger partial charge in [-0.2, -0.15) is 0 Å². The number of primary amides is 1. The molecule has 0 aliphatic heterocycles. The van der Waals surface area contributed by atoms with Crippen molar-refractivity contribution in [2.75, 3.05) is 13.2 Å². The highest BCUT2D eigenvalue weighted by Crippen LogP contribution is 1.91. The molecule has 11 heavy (non-hydrogen) atoms. The number of carbonyl (C=O) groups is 1. The summed E-state index contributed by atoms with van der Waals surface area (Å²) in [4.78, 5) is 10.4. The Bertz CT molecular complexity index is 117. The maximum Gasteiger partial charge on any atom is 0.234 e. The molecule has 0 aromatic carbocycles. The summed E-state index contributed by atoms with van der Waals surface area (Å²) in [5.41, 5.74) is 15.5. The first-order valence-corrected chi connectivity index (χ1v) is 3.64. The molecule has 5 nitrogen and oxygen atoms in total. The number of hydrogen-bond acceptors (Lipinski definition) is 4. The van der Waals surface area contributed by atoms with Crippen LogP contribution in [0.3, 0.4) is 0 Å². The molecule has 5 heteroatoms. The molecule has 0 radical (unpaired) electrons. The zero-order valence-corrected chi connectivity index (χ0v) is 6.55. The van der Waals surface area contributed by atoms with Gasteiger partial charge in [-0.3, -0.25) is 4.79 Å². The number of carbonyl (C=O) groups excluding carboxylic acids is 1. The van der Waals surface area contributed by atoms with Crippen molar-refractivity contribution in [3.8, 4) is 0 Å². The van der Waals surface area contributed by atoms with Gasteiger partial charge in [-0.25, -0.2) is 0 Å². The van der Waals surface area contributed by atoms with Gasteiger partial charge in [0.1, 0.15) is 0 Å². The Kier molecular flexibility index (Phi) is 5.73. The third-order valence-electron chi connectivity index (χ3n) is 1.38. The first-order chi connectivity index (χ1) is 5.18. The van der Waals surface area contributed by atoms with Gasteiger partial charge >= 0.3 is 0 Å². The van der Waals surface area contributed by atoms with Gasteiger partial charge in [0.25, 0.3) is 0 Å². The second-order valence-corrected chi connectivity index (χ2v) is 2.36. The molecule has 1 atom stereocenters. The van der Waals surface area contributed by atoms with Crippen molar-refractivity contribution in [2.24, 2.45) is 17.2 Å². The smallest absolute Gasteiger partial charge is 0.234 e. The molecule has 0 heterocycles. The highest BCUT2D eigenvalue weighted by molar-refractivity contribution is 5.79. The number of hydrogen-bond donors (Lipinski definition) is 4. The summed E-state index contributed by atoms with van der Waals surface area (Å²) >= 11 is 0. The van der Waals surface area contributed by atoms with E-state index < -0.39 is 11.9 Å². The molecule has 1 amide bonds. The Labute approximate surface area is 66.3 Å². The summed E-state index contributed by atoms with van der Waals surface area (Å²) < 4.78 is 0. The summed E-state index contributed by atoms with van der Waals surface area (Å²) in [7, 11) is 0. The number of nitrogens with one attached hydrogen (secondary N) is 1. The van der Waals surface area contributed by atoms with Crippen LogP contribution < -0.4 is 22.5 Å². The minimum atomic E-state index is -0.519. The number of rotatable bonds is 6. The van der Waals surface area contributed by atoms with Gasteiger partial charge in [0, 0.05) is 6.67 Å². The van der Waals surface area contributed by atoms with E-state index in [-0.39, 0.29) is 0 Å². The first kappa shape index (κ1) is 10.3. The van der Waals surface area contributed by atoms with Crippen molar-refractivity contribution >= 4 is 5.91 Å². The highest BCUT2D eigenvalue weighted by atomic mass is 16.1. The Morgan fingerprint density at radius 3 is 2.64 bits per heavy atom. The molecule has 0 aliphatic carbocycles. The summed E-state index contributed by atoms with van der Waals surface area (Å²) in [6.07, 6.45) is 1.43. The van der Waals surface area contributed by atoms with Gasteiger partial charge in [0.2, 0.25) is 5.91 Å². The van der Waals surface area contributed by atoms with E-state index in [2.05, 4.69) is 5.32 Å². The van der Waals surface area contributed by atoms with Crippen LogP contribution in [0, 0.1) is 0 Å². The summed E-state index contributed by atoms with van der Waals surface area (Å²) in [6.45, 7) is 1.23. The molecule has 0 bridgehead atoms. The molecule has 7 N–H and O–H groups in total. The summed E-state index contributed by atoms with van der Waals surface area (Å²) in [5, 5.41) is 2.91. The van der Waals surface area contributed by atoms with Crippen molar-refractivity contribution < 1.29 is 4.79 Å². The lowest BCUT2D eigenvalue weighted by atomic mass is 10.1. The molecule has 0 fully saturated rings. The standard InChI is InChI=1S/C6H16N4O/c7-4-10-3-1-2-5(8)6(9)11/h5,10H,1-4,7-8H2,(H2,9,11)/t5-/m0/s1. The van der Waals surface area contributed by atoms with Gasteiger partial charge in [-0.15, -0.1) is 0 Å². The molecule has 0 aromatic heterocycles. The van der Waals surface area contributed by atoms with Crippen molar-refractivity contribution in [1.29, 1.82) is 0 Å². The molecule has 0 aliphatic rings. The average molecular weight is 160 g/mol. The topological polar surface area (TPSA) is 107 Å². The quantitative estimate of drug-likeness (QED) is 0.268. The van der Waals surface area contributed by atoms with E-state index in [4.69, 9.17) is 17.2 Å². The minimum absolute atomic E-state index is 0.447. The number of nitrogens with two attached hydrogens (primary N) is 3. The van der Waals surface area contributed by atoms with E-state index in [9.17, 15) is 4.79 Å². The zero-order valence-electron chi connectivity index (χ0n) is 6.55. The van der Waals surface area contributed by atoms with Gasteiger partial charge in [-0.1, -0.05) is 0 Å². The first-order valence-electron chi connectivity index (χ1n) is 3.64. The fourth-order valence-electron chi connectivity index (χ4n) is 0.691. The van der Waals surface area contributed by atoms with E-state index >= 15 is 0 Å². The van der Waals surface area contributed by atoms with Crippen molar-refractivity contribution in [2.45, 2.75) is 18.9 Å². The molecule has 66 valence electrons. The fourth-order valence-corrected chi connectivity index (χ4v) is 0.691. The fraction of sp³-hybridized carbons (Fsp3) is 0.833.